The van der Waals surface area contributed by atoms with Crippen LogP contribution < -0.4 is 14.8 Å². The molecule has 0 spiro atoms. The third kappa shape index (κ3) is 11.8. The molecule has 1 saturated heterocycles. The molecular weight excluding hydrogens is 1090 g/mol. The summed E-state index contributed by atoms with van der Waals surface area (Å²) < 4.78 is 55.8. The summed E-state index contributed by atoms with van der Waals surface area (Å²) in [6, 6.07) is 41.4. The van der Waals surface area contributed by atoms with Crippen LogP contribution in [-0.2, 0) is 48.2 Å². The maximum Gasteiger partial charge on any atom is 0.303 e. The van der Waals surface area contributed by atoms with Crippen molar-refractivity contribution >= 4 is 64.7 Å². The summed E-state index contributed by atoms with van der Waals surface area (Å²) in [5, 5.41) is 17.3. The van der Waals surface area contributed by atoms with Gasteiger partial charge in [0.2, 0.25) is 0 Å². The van der Waals surface area contributed by atoms with Crippen molar-refractivity contribution in [1.82, 2.24) is 24.2 Å². The quantitative estimate of drug-likeness (QED) is 0.0233. The Morgan fingerprint density at radius 2 is 1.39 bits per heavy atom. The summed E-state index contributed by atoms with van der Waals surface area (Å²) in [4.78, 5) is 53.9. The lowest BCUT2D eigenvalue weighted by molar-refractivity contribution is -0.187. The Kier molecular flexibility index (Phi) is 17.9. The summed E-state index contributed by atoms with van der Waals surface area (Å²) in [5.41, 5.74) is 4.28. The Balaban J connectivity index is 1.08. The first-order valence-corrected chi connectivity index (χ1v) is 29.6. The van der Waals surface area contributed by atoms with Crippen molar-refractivity contribution in [2.24, 2.45) is 0 Å². The van der Waals surface area contributed by atoms with Crippen molar-refractivity contribution in [3.63, 3.8) is 0 Å². The van der Waals surface area contributed by atoms with Crippen LogP contribution >= 0.6 is 8.30 Å². The van der Waals surface area contributed by atoms with Crippen molar-refractivity contribution < 1.29 is 52.1 Å². The van der Waals surface area contributed by atoms with Crippen LogP contribution in [0.15, 0.2) is 134 Å². The molecular formula is C65H70N7O11P. The molecule has 10 rings (SSSR count). The van der Waals surface area contributed by atoms with Crippen LogP contribution in [0, 0.1) is 18.3 Å². The zero-order chi connectivity index (χ0) is 59.4. The fourth-order valence-corrected chi connectivity index (χ4v) is 14.5. The monoisotopic (exact) mass is 1160 g/mol. The fourth-order valence-electron chi connectivity index (χ4n) is 12.2. The van der Waals surface area contributed by atoms with E-state index in [1.807, 2.05) is 115 Å². The molecule has 2 aliphatic rings. The highest BCUT2D eigenvalue weighted by Crippen LogP contribution is 2.52. The minimum atomic E-state index is -1.34. The Labute approximate surface area is 490 Å². The minimum Gasteiger partial charge on any atom is -0.497 e. The van der Waals surface area contributed by atoms with Crippen LogP contribution in [0.2, 0.25) is 0 Å². The number of rotatable bonds is 21. The number of carbonyl (C=O) groups is 3. The van der Waals surface area contributed by atoms with Crippen molar-refractivity contribution in [3.8, 4) is 17.6 Å². The van der Waals surface area contributed by atoms with Gasteiger partial charge in [-0.05, 0) is 108 Å². The second kappa shape index (κ2) is 25.4. The average molecular weight is 1160 g/mol. The van der Waals surface area contributed by atoms with Crippen LogP contribution in [0.3, 0.4) is 0 Å². The van der Waals surface area contributed by atoms with Gasteiger partial charge in [-0.2, -0.15) is 5.26 Å². The first kappa shape index (κ1) is 59.1. The van der Waals surface area contributed by atoms with Crippen molar-refractivity contribution in [1.29, 1.82) is 5.26 Å². The highest BCUT2D eigenvalue weighted by molar-refractivity contribution is 7.50. The molecule has 8 aromatic rings. The van der Waals surface area contributed by atoms with Gasteiger partial charge < -0.3 is 43.0 Å². The van der Waals surface area contributed by atoms with Gasteiger partial charge in [-0.25, -0.2) is 15.0 Å². The number of hydrogen-bond donors (Lipinski definition) is 1. The van der Waals surface area contributed by atoms with Crippen molar-refractivity contribution in [3.05, 3.63) is 167 Å². The second-order valence-corrected chi connectivity index (χ2v) is 23.5. The van der Waals surface area contributed by atoms with Gasteiger partial charge in [0.05, 0.1) is 45.4 Å². The zero-order valence-corrected chi connectivity index (χ0v) is 49.7. The molecule has 1 unspecified atom stereocenters. The standard InChI is InChI=1S/C65H70N7O11P/c1-38(2)72(39(3)4)84(32-16-31-66)83-53-34-55(82-54(53)35-78-65(45-18-12-11-13-19-45,46-21-25-48(76-9)26-22-46)47-23-27-49(77-10)28-24-47)71-37-69-59-63(67-36-68-64(59)71)70-58-57-52(30-29-51-50-20-15-14-17-44(50)33-40(5)56(51)57)60(79-41(6)73)62(81-43(8)75)61(58)80-42(7)74/h11-15,17-30,33,36-39,53-55,58,60-62H,16,32,34-35H2,1-10H3,(H,67,68,70)/t53-,54+,55+,58-,60+,61+,62-,84?/m0/s1. The first-order chi connectivity index (χ1) is 40.5. The van der Waals surface area contributed by atoms with Gasteiger partial charge in [0.1, 0.15) is 44.1 Å². The smallest absolute Gasteiger partial charge is 0.303 e. The van der Waals surface area contributed by atoms with Gasteiger partial charge >= 0.3 is 17.9 Å². The number of ether oxygens (including phenoxy) is 7. The van der Waals surface area contributed by atoms with E-state index < -0.39 is 74.6 Å². The topological polar surface area (TPSA) is 208 Å². The summed E-state index contributed by atoms with van der Waals surface area (Å²) in [6.07, 6.45) is -1.40. The third-order valence-corrected chi connectivity index (χ3v) is 18.1. The number of methoxy groups -OCH3 is 2. The normalized spacial score (nSPS) is 20.0. The molecule has 19 heteroatoms. The molecule has 0 amide bonds. The molecule has 1 aliphatic carbocycles. The molecule has 6 aromatic carbocycles. The molecule has 84 heavy (non-hydrogen) atoms. The summed E-state index contributed by atoms with van der Waals surface area (Å²) in [6.45, 7) is 14.4. The van der Waals surface area contributed by atoms with Crippen LogP contribution in [0.5, 0.6) is 11.5 Å². The number of benzene rings is 6. The number of nitriles is 1. The summed E-state index contributed by atoms with van der Waals surface area (Å²) in [5.74, 6) is -0.290. The molecule has 1 N–H and O–H groups in total. The third-order valence-electron chi connectivity index (χ3n) is 15.5. The number of carbonyl (C=O) groups excluding carboxylic acids is 3. The molecule has 1 aliphatic heterocycles. The lowest BCUT2D eigenvalue weighted by Gasteiger charge is -2.43. The predicted molar refractivity (Wildman–Crippen MR) is 319 cm³/mol. The first-order valence-electron chi connectivity index (χ1n) is 28.2. The maximum atomic E-state index is 13.3. The van der Waals surface area contributed by atoms with Crippen LogP contribution in [0.1, 0.15) is 113 Å². The van der Waals surface area contributed by atoms with Gasteiger partial charge in [-0.1, -0.05) is 97.1 Å². The molecule has 2 aromatic heterocycles. The number of anilines is 1. The van der Waals surface area contributed by atoms with Crippen LogP contribution in [-0.4, -0.2) is 106 Å². The number of aryl methyl sites for hydroxylation is 1. The van der Waals surface area contributed by atoms with E-state index in [2.05, 4.69) is 62.0 Å². The molecule has 18 nitrogen and oxygen atoms in total. The molecule has 0 radical (unpaired) electrons. The van der Waals surface area contributed by atoms with Crippen molar-refractivity contribution in [2.45, 2.75) is 129 Å². The van der Waals surface area contributed by atoms with E-state index >= 15 is 0 Å². The number of hydrogen-bond acceptors (Lipinski definition) is 17. The Bertz CT molecular complexity index is 3650. The number of esters is 3. The maximum absolute atomic E-state index is 13.3. The van der Waals surface area contributed by atoms with Crippen molar-refractivity contribution in [2.75, 3.05) is 32.3 Å². The van der Waals surface area contributed by atoms with Gasteiger partial charge in [0, 0.05) is 57.4 Å². The molecule has 1 fully saturated rings. The van der Waals surface area contributed by atoms with Gasteiger partial charge in [-0.15, -0.1) is 0 Å². The largest absolute Gasteiger partial charge is 0.497 e. The highest BCUT2D eigenvalue weighted by Gasteiger charge is 2.51. The Hall–Kier alpha value is -8.04. The average Bonchev–Trinajstić information content (AvgIpc) is 2.27. The fraction of sp³-hybridized carbons (Fsp3) is 0.369. The Morgan fingerprint density at radius 1 is 0.774 bits per heavy atom. The van der Waals surface area contributed by atoms with Gasteiger partial charge in [-0.3, -0.25) is 23.6 Å². The molecule has 8 atom stereocenters. The molecule has 0 bridgehead atoms. The zero-order valence-electron chi connectivity index (χ0n) is 48.8. The van der Waals surface area contributed by atoms with Crippen LogP contribution in [0.4, 0.5) is 5.82 Å². The number of aromatic nitrogens is 4. The van der Waals surface area contributed by atoms with E-state index in [4.69, 9.17) is 52.6 Å². The second-order valence-electron chi connectivity index (χ2n) is 21.6. The number of imidazole rings is 1. The van der Waals surface area contributed by atoms with Gasteiger partial charge in [0.25, 0.3) is 0 Å². The van der Waals surface area contributed by atoms with E-state index in [-0.39, 0.29) is 24.5 Å². The molecule has 3 heterocycles. The van der Waals surface area contributed by atoms with E-state index in [1.165, 1.54) is 27.1 Å². The lowest BCUT2D eigenvalue weighted by atomic mass is 9.77. The Morgan fingerprint density at radius 3 is 2.01 bits per heavy atom. The van der Waals surface area contributed by atoms with Gasteiger partial charge in [0.15, 0.2) is 35.3 Å². The SMILES string of the molecule is COc1ccc(C(OC[C@H]2O[C@@H](n3cnc4c(N[C@H]5c6c(ccc7c6c(C)cc6ccccc67)[C@@H](OC(C)=O)[C@H](OC(C)=O)[C@@H]5OC(C)=O)ncnc43)C[C@@H]2OP(CCC#N)N(C(C)C)C(C)C)(c2ccccc2)c2ccc(OC)cc2)cc1. The van der Waals surface area contributed by atoms with E-state index in [1.54, 1.807) is 20.5 Å². The molecule has 436 valence electrons. The van der Waals surface area contributed by atoms with Crippen LogP contribution in [0.25, 0.3) is 32.7 Å². The highest BCUT2D eigenvalue weighted by atomic mass is 31.2. The number of fused-ring (bicyclic) bond motifs is 6. The number of nitrogens with one attached hydrogen (secondary N) is 1. The molecule has 0 saturated carbocycles. The summed E-state index contributed by atoms with van der Waals surface area (Å²) in [7, 11) is 1.93. The lowest BCUT2D eigenvalue weighted by Crippen LogP contribution is -2.50. The van der Waals surface area contributed by atoms with E-state index in [0.29, 0.717) is 52.8 Å². The van der Waals surface area contributed by atoms with E-state index in [0.717, 1.165) is 43.8 Å². The predicted octanol–water partition coefficient (Wildman–Crippen LogP) is 12.1. The minimum absolute atomic E-state index is 0.0481. The summed E-state index contributed by atoms with van der Waals surface area (Å²) >= 11 is 0. The number of nitrogens with zero attached hydrogens (tertiary/aromatic N) is 6. The van der Waals surface area contributed by atoms with E-state index in [9.17, 15) is 19.6 Å².